The molecule has 1 rings (SSSR count). The van der Waals surface area contributed by atoms with Crippen LogP contribution in [0.5, 0.6) is 5.75 Å². The molecule has 88 valence electrons. The van der Waals surface area contributed by atoms with Crippen LogP contribution in [0, 0.1) is 6.92 Å². The molecule has 1 aromatic rings. The maximum absolute atomic E-state index is 9.81. The van der Waals surface area contributed by atoms with Crippen molar-refractivity contribution in [1.29, 1.82) is 0 Å². The van der Waals surface area contributed by atoms with E-state index >= 15 is 0 Å². The van der Waals surface area contributed by atoms with Gasteiger partial charge in [0.1, 0.15) is 5.75 Å². The number of phenols is 1. The molecule has 0 heterocycles. The van der Waals surface area contributed by atoms with Gasteiger partial charge in [-0.15, -0.1) is 0 Å². The number of phenolic OH excluding ortho intramolecular Hbond substituents is 1. The van der Waals surface area contributed by atoms with E-state index in [4.69, 9.17) is 0 Å². The van der Waals surface area contributed by atoms with Gasteiger partial charge in [0.05, 0.1) is 0 Å². The van der Waals surface area contributed by atoms with Crippen LogP contribution in [0.15, 0.2) is 29.8 Å². The van der Waals surface area contributed by atoms with Crippen molar-refractivity contribution in [3.63, 3.8) is 0 Å². The maximum Gasteiger partial charge on any atom is 0.120 e. The van der Waals surface area contributed by atoms with Gasteiger partial charge in [-0.25, -0.2) is 0 Å². The molecular formula is C14H21NO. The first kappa shape index (κ1) is 12.8. The third kappa shape index (κ3) is 3.70. The fourth-order valence-electron chi connectivity index (χ4n) is 1.57. The molecule has 0 spiro atoms. The molecular weight excluding hydrogens is 198 g/mol. The van der Waals surface area contributed by atoms with E-state index in [0.717, 1.165) is 17.7 Å². The van der Waals surface area contributed by atoms with E-state index in [0.29, 0.717) is 5.75 Å². The van der Waals surface area contributed by atoms with Gasteiger partial charge in [-0.1, -0.05) is 23.8 Å². The molecule has 2 nitrogen and oxygen atoms in total. The van der Waals surface area contributed by atoms with Gasteiger partial charge < -0.3 is 10.4 Å². The highest BCUT2D eigenvalue weighted by Crippen LogP contribution is 2.24. The van der Waals surface area contributed by atoms with Gasteiger partial charge in [-0.2, -0.15) is 0 Å². The fourth-order valence-corrected chi connectivity index (χ4v) is 1.57. The molecule has 1 unspecified atom stereocenters. The normalized spacial score (nSPS) is 12.2. The molecule has 1 aromatic carbocycles. The number of hydrogen-bond acceptors (Lipinski definition) is 2. The SMILES string of the molecule is CC(C)=CCNC(C)c1ccc(C)cc1O. The first-order chi connectivity index (χ1) is 7.50. The second-order valence-corrected chi connectivity index (χ2v) is 4.47. The number of aryl methyl sites for hydroxylation is 1. The topological polar surface area (TPSA) is 32.3 Å². The van der Waals surface area contributed by atoms with Crippen molar-refractivity contribution >= 4 is 0 Å². The Morgan fingerprint density at radius 2 is 2.12 bits per heavy atom. The smallest absolute Gasteiger partial charge is 0.120 e. The van der Waals surface area contributed by atoms with Crippen molar-refractivity contribution < 1.29 is 5.11 Å². The Hall–Kier alpha value is -1.28. The van der Waals surface area contributed by atoms with E-state index in [1.807, 2.05) is 19.1 Å². The highest BCUT2D eigenvalue weighted by atomic mass is 16.3. The van der Waals surface area contributed by atoms with Crippen LogP contribution in [0.1, 0.15) is 37.9 Å². The summed E-state index contributed by atoms with van der Waals surface area (Å²) in [4.78, 5) is 0. The third-order valence-electron chi connectivity index (χ3n) is 2.59. The molecule has 0 saturated heterocycles. The van der Waals surface area contributed by atoms with Crippen molar-refractivity contribution in [2.45, 2.75) is 33.7 Å². The van der Waals surface area contributed by atoms with E-state index in [9.17, 15) is 5.11 Å². The summed E-state index contributed by atoms with van der Waals surface area (Å²) in [7, 11) is 0. The van der Waals surface area contributed by atoms with Crippen molar-refractivity contribution in [3.05, 3.63) is 41.0 Å². The average molecular weight is 219 g/mol. The number of rotatable bonds is 4. The first-order valence-electron chi connectivity index (χ1n) is 5.67. The highest BCUT2D eigenvalue weighted by molar-refractivity contribution is 5.37. The molecule has 0 saturated carbocycles. The molecule has 0 amide bonds. The molecule has 0 radical (unpaired) electrons. The quantitative estimate of drug-likeness (QED) is 0.761. The summed E-state index contributed by atoms with van der Waals surface area (Å²) in [6.07, 6.45) is 2.14. The Balaban J connectivity index is 2.66. The van der Waals surface area contributed by atoms with Gasteiger partial charge in [-0.05, 0) is 39.3 Å². The monoisotopic (exact) mass is 219 g/mol. The van der Waals surface area contributed by atoms with E-state index in [1.54, 1.807) is 6.07 Å². The standard InChI is InChI=1S/C14H21NO/c1-10(2)7-8-15-12(4)13-6-5-11(3)9-14(13)16/h5-7,9,12,15-16H,8H2,1-4H3. The van der Waals surface area contributed by atoms with Crippen LogP contribution in [0.4, 0.5) is 0 Å². The fraction of sp³-hybridized carbons (Fsp3) is 0.429. The van der Waals surface area contributed by atoms with Crippen molar-refractivity contribution in [1.82, 2.24) is 5.32 Å². The zero-order chi connectivity index (χ0) is 12.1. The Morgan fingerprint density at radius 1 is 1.44 bits per heavy atom. The lowest BCUT2D eigenvalue weighted by atomic mass is 10.1. The molecule has 0 aliphatic heterocycles. The summed E-state index contributed by atoms with van der Waals surface area (Å²) < 4.78 is 0. The third-order valence-corrected chi connectivity index (χ3v) is 2.59. The highest BCUT2D eigenvalue weighted by Gasteiger charge is 2.08. The Kier molecular flexibility index (Phi) is 4.56. The number of hydrogen-bond donors (Lipinski definition) is 2. The van der Waals surface area contributed by atoms with E-state index < -0.39 is 0 Å². The van der Waals surface area contributed by atoms with Gasteiger partial charge in [0.2, 0.25) is 0 Å². The summed E-state index contributed by atoms with van der Waals surface area (Å²) in [6.45, 7) is 9.02. The van der Waals surface area contributed by atoms with E-state index in [-0.39, 0.29) is 6.04 Å². The van der Waals surface area contributed by atoms with E-state index in [1.165, 1.54) is 5.57 Å². The lowest BCUT2D eigenvalue weighted by Gasteiger charge is -2.15. The van der Waals surface area contributed by atoms with Crippen molar-refractivity contribution in [2.24, 2.45) is 0 Å². The van der Waals surface area contributed by atoms with Gasteiger partial charge in [0, 0.05) is 18.2 Å². The van der Waals surface area contributed by atoms with E-state index in [2.05, 4.69) is 32.2 Å². The summed E-state index contributed by atoms with van der Waals surface area (Å²) in [6, 6.07) is 5.96. The summed E-state index contributed by atoms with van der Waals surface area (Å²) in [5.74, 6) is 0.372. The molecule has 0 fully saturated rings. The Bertz CT molecular complexity index is 378. The lowest BCUT2D eigenvalue weighted by molar-refractivity contribution is 0.455. The maximum atomic E-state index is 9.81. The van der Waals surface area contributed by atoms with Crippen LogP contribution in [-0.2, 0) is 0 Å². The second kappa shape index (κ2) is 5.71. The minimum absolute atomic E-state index is 0.163. The first-order valence-corrected chi connectivity index (χ1v) is 5.67. The molecule has 0 bridgehead atoms. The number of allylic oxidation sites excluding steroid dienone is 1. The number of aromatic hydroxyl groups is 1. The zero-order valence-electron chi connectivity index (χ0n) is 10.5. The lowest BCUT2D eigenvalue weighted by Crippen LogP contribution is -2.18. The molecule has 1 atom stereocenters. The molecule has 0 aliphatic carbocycles. The van der Waals surface area contributed by atoms with Crippen molar-refractivity contribution in [3.8, 4) is 5.75 Å². The minimum atomic E-state index is 0.163. The Labute approximate surface area is 98.0 Å². The van der Waals surface area contributed by atoms with Crippen LogP contribution in [0.25, 0.3) is 0 Å². The molecule has 0 aromatic heterocycles. The summed E-state index contributed by atoms with van der Waals surface area (Å²) in [5, 5.41) is 13.2. The molecule has 2 N–H and O–H groups in total. The minimum Gasteiger partial charge on any atom is -0.508 e. The van der Waals surface area contributed by atoms with Crippen LogP contribution in [-0.4, -0.2) is 11.7 Å². The van der Waals surface area contributed by atoms with Gasteiger partial charge in [0.25, 0.3) is 0 Å². The summed E-state index contributed by atoms with van der Waals surface area (Å²) in [5.41, 5.74) is 3.33. The molecule has 0 aliphatic rings. The van der Waals surface area contributed by atoms with Gasteiger partial charge >= 0.3 is 0 Å². The zero-order valence-corrected chi connectivity index (χ0v) is 10.5. The largest absolute Gasteiger partial charge is 0.508 e. The average Bonchev–Trinajstić information content (AvgIpc) is 2.16. The second-order valence-electron chi connectivity index (χ2n) is 4.47. The van der Waals surface area contributed by atoms with Gasteiger partial charge in [0.15, 0.2) is 0 Å². The Morgan fingerprint density at radius 3 is 2.69 bits per heavy atom. The van der Waals surface area contributed by atoms with Crippen LogP contribution < -0.4 is 5.32 Å². The van der Waals surface area contributed by atoms with Gasteiger partial charge in [-0.3, -0.25) is 0 Å². The number of nitrogens with one attached hydrogen (secondary N) is 1. The van der Waals surface area contributed by atoms with Crippen molar-refractivity contribution in [2.75, 3.05) is 6.54 Å². The molecule has 16 heavy (non-hydrogen) atoms. The predicted octanol–water partition coefficient (Wildman–Crippen LogP) is 3.32. The number of benzene rings is 1. The molecule has 2 heteroatoms. The van der Waals surface area contributed by atoms with Crippen LogP contribution in [0.2, 0.25) is 0 Å². The summed E-state index contributed by atoms with van der Waals surface area (Å²) >= 11 is 0. The predicted molar refractivity (Wildman–Crippen MR) is 68.7 cm³/mol. The van der Waals surface area contributed by atoms with Crippen LogP contribution >= 0.6 is 0 Å². The van der Waals surface area contributed by atoms with Crippen LogP contribution in [0.3, 0.4) is 0 Å².